The van der Waals surface area contributed by atoms with E-state index < -0.39 is 53.3 Å². The van der Waals surface area contributed by atoms with Gasteiger partial charge in [0.2, 0.25) is 17.7 Å². The van der Waals surface area contributed by atoms with Gasteiger partial charge in [0.05, 0.1) is 24.4 Å². The summed E-state index contributed by atoms with van der Waals surface area (Å²) in [5, 5.41) is 5.58. The molecule has 0 radical (unpaired) electrons. The molecule has 4 atom stereocenters. The Labute approximate surface area is 204 Å². The van der Waals surface area contributed by atoms with Gasteiger partial charge in [0.1, 0.15) is 11.6 Å². The summed E-state index contributed by atoms with van der Waals surface area (Å²) in [4.78, 5) is 68.8. The number of amides is 4. The lowest BCUT2D eigenvalue weighted by atomic mass is 9.85. The third-order valence-corrected chi connectivity index (χ3v) is 6.21. The molecule has 1 aliphatic rings. The fraction of sp³-hybridized carbons (Fsp3) is 0.385. The fourth-order valence-corrected chi connectivity index (χ4v) is 4.19. The summed E-state index contributed by atoms with van der Waals surface area (Å²) < 4.78 is 0. The molecule has 1 fully saturated rings. The van der Waals surface area contributed by atoms with Crippen molar-refractivity contribution in [2.24, 2.45) is 17.8 Å². The number of nitrogens with one attached hydrogen (secondary N) is 2. The number of benzene rings is 1. The van der Waals surface area contributed by atoms with Gasteiger partial charge in [0, 0.05) is 13.2 Å². The summed E-state index contributed by atoms with van der Waals surface area (Å²) in [6.45, 7) is 5.07. The first kappa shape index (κ1) is 25.7. The number of carbonyl (C=O) groups excluding carboxylic acids is 5. The molecule has 2 N–H and O–H groups in total. The number of carbonyl (C=O) groups is 5. The number of hydrogen-bond acceptors (Lipinski definition) is 6. The number of imide groups is 1. The van der Waals surface area contributed by atoms with Gasteiger partial charge in [-0.15, -0.1) is 0 Å². The molecule has 2 aromatic rings. The molecule has 9 heteroatoms. The van der Waals surface area contributed by atoms with Gasteiger partial charge >= 0.3 is 0 Å². The van der Waals surface area contributed by atoms with Crippen LogP contribution in [0.2, 0.25) is 0 Å². The third kappa shape index (κ3) is 5.79. The molecule has 3 rings (SSSR count). The van der Waals surface area contributed by atoms with Crippen molar-refractivity contribution in [2.45, 2.75) is 39.3 Å². The van der Waals surface area contributed by atoms with E-state index >= 15 is 0 Å². The molecule has 2 heterocycles. The van der Waals surface area contributed by atoms with E-state index in [1.54, 1.807) is 63.2 Å². The van der Waals surface area contributed by atoms with E-state index in [4.69, 9.17) is 0 Å². The normalized spacial score (nSPS) is 19.4. The van der Waals surface area contributed by atoms with Crippen LogP contribution >= 0.6 is 0 Å². The largest absolute Gasteiger partial charge is 0.346 e. The van der Waals surface area contributed by atoms with Crippen molar-refractivity contribution in [1.29, 1.82) is 0 Å². The molecular weight excluding hydrogens is 448 g/mol. The predicted molar refractivity (Wildman–Crippen MR) is 128 cm³/mol. The second kappa shape index (κ2) is 11.0. The predicted octanol–water partition coefficient (Wildman–Crippen LogP) is 1.90. The van der Waals surface area contributed by atoms with Crippen LogP contribution in [0.5, 0.6) is 0 Å². The number of nitrogens with zero attached hydrogens (tertiary/aromatic N) is 2. The number of rotatable bonds is 9. The van der Waals surface area contributed by atoms with Crippen LogP contribution in [-0.2, 0) is 19.2 Å². The number of Topliss-reactive ketones (excluding diaryl/α,β-unsaturated/α-hetero) is 1. The minimum atomic E-state index is -1.13. The second-order valence-electron chi connectivity index (χ2n) is 9.05. The van der Waals surface area contributed by atoms with Crippen LogP contribution in [0.4, 0.5) is 0 Å². The lowest BCUT2D eigenvalue weighted by molar-refractivity contribution is -0.141. The number of aromatic nitrogens is 1. The molecule has 4 amide bonds. The van der Waals surface area contributed by atoms with Gasteiger partial charge in [-0.1, -0.05) is 57.2 Å². The zero-order valence-corrected chi connectivity index (χ0v) is 20.2. The van der Waals surface area contributed by atoms with Crippen molar-refractivity contribution in [3.8, 4) is 0 Å². The molecule has 0 unspecified atom stereocenters. The summed E-state index contributed by atoms with van der Waals surface area (Å²) in [6.07, 6.45) is 1.37. The lowest BCUT2D eigenvalue weighted by Crippen LogP contribution is -2.49. The van der Waals surface area contributed by atoms with E-state index in [1.165, 1.54) is 13.2 Å². The molecule has 0 spiro atoms. The quantitative estimate of drug-likeness (QED) is 0.419. The first-order valence-electron chi connectivity index (χ1n) is 11.5. The monoisotopic (exact) mass is 478 g/mol. The van der Waals surface area contributed by atoms with E-state index in [0.717, 1.165) is 4.90 Å². The van der Waals surface area contributed by atoms with Crippen LogP contribution in [0.1, 0.15) is 49.3 Å². The minimum absolute atomic E-state index is 0.133. The van der Waals surface area contributed by atoms with Gasteiger partial charge in [-0.25, -0.2) is 0 Å². The molecule has 1 saturated heterocycles. The molecule has 9 nitrogen and oxygen atoms in total. The highest BCUT2D eigenvalue weighted by Gasteiger charge is 2.49. The molecule has 184 valence electrons. The highest BCUT2D eigenvalue weighted by atomic mass is 16.2. The summed E-state index contributed by atoms with van der Waals surface area (Å²) in [6, 6.07) is 12.3. The maximum absolute atomic E-state index is 13.3. The third-order valence-electron chi connectivity index (χ3n) is 6.21. The Hall–Kier alpha value is -3.88. The fourth-order valence-electron chi connectivity index (χ4n) is 4.19. The van der Waals surface area contributed by atoms with Crippen molar-refractivity contribution in [1.82, 2.24) is 20.5 Å². The Balaban J connectivity index is 1.77. The van der Waals surface area contributed by atoms with Gasteiger partial charge in [-0.3, -0.25) is 33.9 Å². The van der Waals surface area contributed by atoms with Crippen molar-refractivity contribution in [2.75, 3.05) is 7.05 Å². The standard InChI is InChI=1S/C26H30N4O5/c1-15(2)22(23(32)21-16(3)25(34)30(4)26(21)35)29-20(31)14-19(17-10-6-5-7-11-17)28-24(33)18-12-8-9-13-27-18/h5-13,15-16,19,21-22H,14H2,1-4H3,(H,28,33)(H,29,31)/t16-,19-,21+,22-/m0/s1. The van der Waals surface area contributed by atoms with Crippen LogP contribution in [0, 0.1) is 17.8 Å². The average Bonchev–Trinajstić information content (AvgIpc) is 3.04. The highest BCUT2D eigenvalue weighted by Crippen LogP contribution is 2.28. The van der Waals surface area contributed by atoms with E-state index in [2.05, 4.69) is 15.6 Å². The summed E-state index contributed by atoms with van der Waals surface area (Å²) in [7, 11) is 1.35. The zero-order chi connectivity index (χ0) is 25.7. The summed E-state index contributed by atoms with van der Waals surface area (Å²) in [5.74, 6) is -4.59. The van der Waals surface area contributed by atoms with Gasteiger partial charge in [0.15, 0.2) is 5.78 Å². The zero-order valence-electron chi connectivity index (χ0n) is 20.2. The van der Waals surface area contributed by atoms with Crippen molar-refractivity contribution in [3.05, 3.63) is 66.0 Å². The maximum atomic E-state index is 13.3. The molecular formula is C26H30N4O5. The van der Waals surface area contributed by atoms with Crippen LogP contribution in [0.15, 0.2) is 54.7 Å². The average molecular weight is 479 g/mol. The summed E-state index contributed by atoms with van der Waals surface area (Å²) in [5.41, 5.74) is 0.928. The number of pyridine rings is 1. The lowest BCUT2D eigenvalue weighted by Gasteiger charge is -2.26. The van der Waals surface area contributed by atoms with Gasteiger partial charge in [-0.05, 0) is 23.6 Å². The maximum Gasteiger partial charge on any atom is 0.270 e. The van der Waals surface area contributed by atoms with Crippen LogP contribution in [0.3, 0.4) is 0 Å². The first-order chi connectivity index (χ1) is 16.6. The molecule has 1 aromatic heterocycles. The van der Waals surface area contributed by atoms with Gasteiger partial charge < -0.3 is 10.6 Å². The topological polar surface area (TPSA) is 126 Å². The Morgan fingerprint density at radius 1 is 0.971 bits per heavy atom. The Morgan fingerprint density at radius 3 is 2.17 bits per heavy atom. The van der Waals surface area contributed by atoms with E-state index in [-0.39, 0.29) is 18.0 Å². The SMILES string of the molecule is CC(C)[C@H](NC(=O)C[C@H](NC(=O)c1ccccn1)c1ccccc1)C(=O)[C@@H]1C(=O)N(C)C(=O)[C@H]1C. The first-order valence-corrected chi connectivity index (χ1v) is 11.5. The Kier molecular flexibility index (Phi) is 8.11. The molecule has 0 aliphatic carbocycles. The Morgan fingerprint density at radius 2 is 1.63 bits per heavy atom. The number of likely N-dealkylation sites (tertiary alicyclic amines) is 1. The van der Waals surface area contributed by atoms with E-state index in [0.29, 0.717) is 5.56 Å². The van der Waals surface area contributed by atoms with Crippen LogP contribution < -0.4 is 10.6 Å². The van der Waals surface area contributed by atoms with Crippen molar-refractivity contribution in [3.63, 3.8) is 0 Å². The molecule has 0 bridgehead atoms. The number of ketones is 1. The molecule has 1 aliphatic heterocycles. The van der Waals surface area contributed by atoms with Crippen LogP contribution in [-0.4, -0.2) is 52.4 Å². The number of hydrogen-bond donors (Lipinski definition) is 2. The smallest absolute Gasteiger partial charge is 0.270 e. The van der Waals surface area contributed by atoms with Gasteiger partial charge in [0.25, 0.3) is 5.91 Å². The van der Waals surface area contributed by atoms with Crippen molar-refractivity contribution >= 4 is 29.4 Å². The van der Waals surface area contributed by atoms with Crippen LogP contribution in [0.25, 0.3) is 0 Å². The second-order valence-corrected chi connectivity index (χ2v) is 9.05. The highest BCUT2D eigenvalue weighted by molar-refractivity contribution is 6.16. The van der Waals surface area contributed by atoms with Crippen molar-refractivity contribution < 1.29 is 24.0 Å². The van der Waals surface area contributed by atoms with E-state index in [1.807, 2.05) is 6.07 Å². The molecule has 0 saturated carbocycles. The molecule has 1 aromatic carbocycles. The van der Waals surface area contributed by atoms with Gasteiger partial charge in [-0.2, -0.15) is 0 Å². The minimum Gasteiger partial charge on any atom is -0.346 e. The van der Waals surface area contributed by atoms with E-state index in [9.17, 15) is 24.0 Å². The molecule has 35 heavy (non-hydrogen) atoms. The summed E-state index contributed by atoms with van der Waals surface area (Å²) >= 11 is 0. The Bertz CT molecular complexity index is 1100.